The SMILES string of the molecule is NC(=O)c1ccc(NC(=O)CSc2cccc(NC(=O)/C(=C/c3ccco3)NC(=O)c3ccccc3)c2)cc1. The molecule has 39 heavy (non-hydrogen) atoms. The quantitative estimate of drug-likeness (QED) is 0.172. The molecule has 0 bridgehead atoms. The Morgan fingerprint density at radius 2 is 1.56 bits per heavy atom. The lowest BCUT2D eigenvalue weighted by Crippen LogP contribution is -2.30. The lowest BCUT2D eigenvalue weighted by atomic mass is 10.2. The summed E-state index contributed by atoms with van der Waals surface area (Å²) < 4.78 is 5.31. The number of rotatable bonds is 10. The molecule has 1 heterocycles. The summed E-state index contributed by atoms with van der Waals surface area (Å²) >= 11 is 1.28. The molecule has 0 aliphatic carbocycles. The van der Waals surface area contributed by atoms with Crippen molar-refractivity contribution in [1.29, 1.82) is 0 Å². The molecule has 196 valence electrons. The maximum absolute atomic E-state index is 13.1. The van der Waals surface area contributed by atoms with Crippen LogP contribution in [0.3, 0.4) is 0 Å². The predicted molar refractivity (Wildman–Crippen MR) is 150 cm³/mol. The Labute approximate surface area is 228 Å². The average Bonchev–Trinajstić information content (AvgIpc) is 3.46. The van der Waals surface area contributed by atoms with Crippen molar-refractivity contribution in [3.8, 4) is 0 Å². The van der Waals surface area contributed by atoms with E-state index in [4.69, 9.17) is 10.2 Å². The van der Waals surface area contributed by atoms with Crippen molar-refractivity contribution >= 4 is 52.8 Å². The van der Waals surface area contributed by atoms with Crippen molar-refractivity contribution in [2.75, 3.05) is 16.4 Å². The summed E-state index contributed by atoms with van der Waals surface area (Å²) in [7, 11) is 0. The van der Waals surface area contributed by atoms with E-state index in [0.717, 1.165) is 4.90 Å². The van der Waals surface area contributed by atoms with Gasteiger partial charge in [-0.3, -0.25) is 19.2 Å². The first-order chi connectivity index (χ1) is 18.9. The third kappa shape index (κ3) is 7.94. The Bertz CT molecular complexity index is 1500. The normalized spacial score (nSPS) is 10.9. The number of primary amides is 1. The summed E-state index contributed by atoms with van der Waals surface area (Å²) in [6.07, 6.45) is 2.91. The molecular formula is C29H24N4O5S. The van der Waals surface area contributed by atoms with Crippen LogP contribution in [0.2, 0.25) is 0 Å². The van der Waals surface area contributed by atoms with Gasteiger partial charge in [-0.1, -0.05) is 24.3 Å². The molecule has 0 fully saturated rings. The number of nitrogens with one attached hydrogen (secondary N) is 3. The number of hydrogen-bond donors (Lipinski definition) is 4. The van der Waals surface area contributed by atoms with Gasteiger partial charge in [0.1, 0.15) is 11.5 Å². The fourth-order valence-corrected chi connectivity index (χ4v) is 4.14. The summed E-state index contributed by atoms with van der Waals surface area (Å²) in [6.45, 7) is 0. The van der Waals surface area contributed by atoms with Gasteiger partial charge in [-0.15, -0.1) is 11.8 Å². The van der Waals surface area contributed by atoms with Crippen LogP contribution in [0, 0.1) is 0 Å². The predicted octanol–water partition coefficient (Wildman–Crippen LogP) is 4.52. The third-order valence-corrected chi connectivity index (χ3v) is 6.27. The minimum absolute atomic E-state index is 0.00130. The smallest absolute Gasteiger partial charge is 0.272 e. The highest BCUT2D eigenvalue weighted by molar-refractivity contribution is 8.00. The number of carbonyl (C=O) groups is 4. The molecule has 0 unspecified atom stereocenters. The van der Waals surface area contributed by atoms with Crippen LogP contribution in [0.25, 0.3) is 6.08 Å². The van der Waals surface area contributed by atoms with Crippen LogP contribution in [-0.4, -0.2) is 29.4 Å². The molecule has 4 aromatic rings. The Kier molecular flexibility index (Phi) is 8.94. The van der Waals surface area contributed by atoms with E-state index >= 15 is 0 Å². The second-order valence-corrected chi connectivity index (χ2v) is 9.20. The van der Waals surface area contributed by atoms with Gasteiger partial charge in [0.15, 0.2) is 0 Å². The zero-order valence-electron chi connectivity index (χ0n) is 20.5. The van der Waals surface area contributed by atoms with Crippen molar-refractivity contribution in [2.45, 2.75) is 4.90 Å². The number of benzene rings is 3. The van der Waals surface area contributed by atoms with Crippen LogP contribution in [0.4, 0.5) is 11.4 Å². The molecule has 9 nitrogen and oxygen atoms in total. The van der Waals surface area contributed by atoms with E-state index < -0.39 is 17.7 Å². The number of anilines is 2. The van der Waals surface area contributed by atoms with E-state index in [2.05, 4.69) is 16.0 Å². The second kappa shape index (κ2) is 12.9. The maximum Gasteiger partial charge on any atom is 0.272 e. The minimum atomic E-state index is -0.546. The summed E-state index contributed by atoms with van der Waals surface area (Å²) in [5.74, 6) is -1.26. The number of furan rings is 1. The molecule has 0 spiro atoms. The molecule has 0 aliphatic heterocycles. The molecule has 0 radical (unpaired) electrons. The van der Waals surface area contributed by atoms with Gasteiger partial charge >= 0.3 is 0 Å². The first kappa shape index (κ1) is 27.0. The molecule has 0 saturated heterocycles. The monoisotopic (exact) mass is 540 g/mol. The summed E-state index contributed by atoms with van der Waals surface area (Å²) in [6, 6.07) is 25.1. The Morgan fingerprint density at radius 3 is 2.26 bits per heavy atom. The first-order valence-electron chi connectivity index (χ1n) is 11.7. The topological polar surface area (TPSA) is 144 Å². The Morgan fingerprint density at radius 1 is 0.795 bits per heavy atom. The van der Waals surface area contributed by atoms with Gasteiger partial charge in [0.25, 0.3) is 11.8 Å². The van der Waals surface area contributed by atoms with E-state index in [0.29, 0.717) is 28.3 Å². The van der Waals surface area contributed by atoms with Gasteiger partial charge < -0.3 is 26.1 Å². The van der Waals surface area contributed by atoms with Crippen molar-refractivity contribution in [3.63, 3.8) is 0 Å². The van der Waals surface area contributed by atoms with Gasteiger partial charge in [-0.05, 0) is 66.7 Å². The molecule has 10 heteroatoms. The van der Waals surface area contributed by atoms with Crippen LogP contribution >= 0.6 is 11.8 Å². The standard InChI is InChI=1S/C29H24N4O5S/c30-27(35)19-11-13-21(14-12-19)31-26(34)18-39-24-10-4-8-22(16-24)32-29(37)25(17-23-9-5-15-38-23)33-28(36)20-6-2-1-3-7-20/h1-17H,18H2,(H2,30,35)(H,31,34)(H,32,37)(H,33,36)/b25-17-. The zero-order chi connectivity index (χ0) is 27.6. The molecule has 4 rings (SSSR count). The number of carbonyl (C=O) groups excluding carboxylic acids is 4. The minimum Gasteiger partial charge on any atom is -0.465 e. The lowest BCUT2D eigenvalue weighted by molar-refractivity contribution is -0.114. The highest BCUT2D eigenvalue weighted by Crippen LogP contribution is 2.23. The largest absolute Gasteiger partial charge is 0.465 e. The van der Waals surface area contributed by atoms with Gasteiger partial charge in [-0.25, -0.2) is 0 Å². The molecule has 0 saturated carbocycles. The molecule has 0 aliphatic rings. The van der Waals surface area contributed by atoms with Crippen molar-refractivity contribution in [2.24, 2.45) is 5.73 Å². The summed E-state index contributed by atoms with van der Waals surface area (Å²) in [5, 5.41) is 8.18. The van der Waals surface area contributed by atoms with Crippen LogP contribution in [0.5, 0.6) is 0 Å². The number of nitrogens with two attached hydrogens (primary N) is 1. The number of thioether (sulfide) groups is 1. The molecule has 4 amide bonds. The van der Waals surface area contributed by atoms with Crippen molar-refractivity contribution in [1.82, 2.24) is 5.32 Å². The third-order valence-electron chi connectivity index (χ3n) is 5.27. The van der Waals surface area contributed by atoms with E-state index in [9.17, 15) is 19.2 Å². The van der Waals surface area contributed by atoms with Gasteiger partial charge in [0.2, 0.25) is 11.8 Å². The lowest BCUT2D eigenvalue weighted by Gasteiger charge is -2.12. The van der Waals surface area contributed by atoms with Crippen LogP contribution in [-0.2, 0) is 9.59 Å². The molecule has 3 aromatic carbocycles. The van der Waals surface area contributed by atoms with Gasteiger partial charge in [-0.2, -0.15) is 0 Å². The van der Waals surface area contributed by atoms with Crippen molar-refractivity contribution < 1.29 is 23.6 Å². The zero-order valence-corrected chi connectivity index (χ0v) is 21.4. The van der Waals surface area contributed by atoms with Crippen LogP contribution in [0.15, 0.2) is 112 Å². The van der Waals surface area contributed by atoms with E-state index in [1.165, 1.54) is 36.2 Å². The Balaban J connectivity index is 1.39. The molecule has 5 N–H and O–H groups in total. The van der Waals surface area contributed by atoms with Crippen LogP contribution in [0.1, 0.15) is 26.5 Å². The highest BCUT2D eigenvalue weighted by atomic mass is 32.2. The number of amides is 4. The molecule has 0 atom stereocenters. The fraction of sp³-hybridized carbons (Fsp3) is 0.0345. The second-order valence-electron chi connectivity index (χ2n) is 8.15. The van der Waals surface area contributed by atoms with E-state index in [1.54, 1.807) is 72.8 Å². The first-order valence-corrected chi connectivity index (χ1v) is 12.7. The fourth-order valence-electron chi connectivity index (χ4n) is 3.38. The Hall–Kier alpha value is -5.09. The van der Waals surface area contributed by atoms with E-state index in [1.807, 2.05) is 6.07 Å². The van der Waals surface area contributed by atoms with Crippen molar-refractivity contribution in [3.05, 3.63) is 120 Å². The summed E-state index contributed by atoms with van der Waals surface area (Å²) in [5.41, 5.74) is 7.00. The highest BCUT2D eigenvalue weighted by Gasteiger charge is 2.16. The maximum atomic E-state index is 13.1. The van der Waals surface area contributed by atoms with Gasteiger partial charge in [0, 0.05) is 33.5 Å². The average molecular weight is 541 g/mol. The molecular weight excluding hydrogens is 516 g/mol. The van der Waals surface area contributed by atoms with Gasteiger partial charge in [0.05, 0.1) is 12.0 Å². The number of hydrogen-bond acceptors (Lipinski definition) is 6. The summed E-state index contributed by atoms with van der Waals surface area (Å²) in [4.78, 5) is 50.1. The molecule has 1 aromatic heterocycles. The van der Waals surface area contributed by atoms with E-state index in [-0.39, 0.29) is 17.4 Å². The van der Waals surface area contributed by atoms with Crippen LogP contribution < -0.4 is 21.7 Å².